The Balaban J connectivity index is 1.47. The predicted octanol–water partition coefficient (Wildman–Crippen LogP) is 5.52. The minimum absolute atomic E-state index is 0.0717. The molecule has 2 aromatic carbocycles. The van der Waals surface area contributed by atoms with Gasteiger partial charge in [0.25, 0.3) is 0 Å². The van der Waals surface area contributed by atoms with Crippen molar-refractivity contribution in [2.24, 2.45) is 5.41 Å². The van der Waals surface area contributed by atoms with Gasteiger partial charge in [-0.3, -0.25) is 4.98 Å². The highest BCUT2D eigenvalue weighted by molar-refractivity contribution is 6.03. The maximum absolute atomic E-state index is 5.88. The standard InChI is InChI=1S/C24H22N2O2/c1-24(2)14-27-23(28-15-24)19-9-5-16(6-10-19)20-12-11-18-8-7-17-4-3-13-25-21(17)22(18)26-20/h3-13,23H,14-15H2,1-2H3. The summed E-state index contributed by atoms with van der Waals surface area (Å²) in [6, 6.07) is 20.6. The third-order valence-electron chi connectivity index (χ3n) is 5.16. The van der Waals surface area contributed by atoms with E-state index in [0.717, 1.165) is 38.6 Å². The van der Waals surface area contributed by atoms with E-state index in [1.165, 1.54) is 0 Å². The molecule has 5 rings (SSSR count). The van der Waals surface area contributed by atoms with E-state index in [2.05, 4.69) is 73.4 Å². The van der Waals surface area contributed by atoms with Crippen LogP contribution < -0.4 is 0 Å². The summed E-state index contributed by atoms with van der Waals surface area (Å²) in [5, 5.41) is 2.20. The van der Waals surface area contributed by atoms with Gasteiger partial charge in [0.2, 0.25) is 0 Å². The summed E-state index contributed by atoms with van der Waals surface area (Å²) in [7, 11) is 0. The van der Waals surface area contributed by atoms with E-state index in [9.17, 15) is 0 Å². The Morgan fingerprint density at radius 3 is 2.25 bits per heavy atom. The first-order valence-corrected chi connectivity index (χ1v) is 9.57. The number of fused-ring (bicyclic) bond motifs is 3. The molecule has 0 aliphatic carbocycles. The van der Waals surface area contributed by atoms with Gasteiger partial charge in [-0.25, -0.2) is 4.98 Å². The van der Waals surface area contributed by atoms with Gasteiger partial charge in [-0.15, -0.1) is 0 Å². The van der Waals surface area contributed by atoms with Gasteiger partial charge in [0.1, 0.15) is 0 Å². The molecule has 1 saturated heterocycles. The Labute approximate surface area is 164 Å². The lowest BCUT2D eigenvalue weighted by molar-refractivity contribution is -0.226. The van der Waals surface area contributed by atoms with E-state index in [1.807, 2.05) is 12.3 Å². The fourth-order valence-electron chi connectivity index (χ4n) is 3.58. The van der Waals surface area contributed by atoms with Crippen molar-refractivity contribution in [3.05, 3.63) is 72.4 Å². The normalized spacial score (nSPS) is 17.2. The van der Waals surface area contributed by atoms with E-state index in [-0.39, 0.29) is 11.7 Å². The first kappa shape index (κ1) is 17.3. The second-order valence-electron chi connectivity index (χ2n) is 8.15. The lowest BCUT2D eigenvalue weighted by Crippen LogP contribution is -2.33. The van der Waals surface area contributed by atoms with E-state index in [4.69, 9.17) is 14.5 Å². The minimum atomic E-state index is -0.292. The number of pyridine rings is 2. The number of hydrogen-bond donors (Lipinski definition) is 0. The van der Waals surface area contributed by atoms with Crippen molar-refractivity contribution < 1.29 is 9.47 Å². The topological polar surface area (TPSA) is 44.2 Å². The third kappa shape index (κ3) is 3.15. The smallest absolute Gasteiger partial charge is 0.183 e. The van der Waals surface area contributed by atoms with Crippen molar-refractivity contribution in [1.82, 2.24) is 9.97 Å². The van der Waals surface area contributed by atoms with Crippen LogP contribution in [-0.4, -0.2) is 23.2 Å². The van der Waals surface area contributed by atoms with Crippen molar-refractivity contribution in [1.29, 1.82) is 0 Å². The van der Waals surface area contributed by atoms with Gasteiger partial charge < -0.3 is 9.47 Å². The van der Waals surface area contributed by atoms with Crippen molar-refractivity contribution in [2.75, 3.05) is 13.2 Å². The average Bonchev–Trinajstić information content (AvgIpc) is 2.73. The average molecular weight is 370 g/mol. The summed E-state index contributed by atoms with van der Waals surface area (Å²) in [5.41, 5.74) is 4.97. The molecule has 0 N–H and O–H groups in total. The number of nitrogens with zero attached hydrogens (tertiary/aromatic N) is 2. The van der Waals surface area contributed by atoms with Crippen LogP contribution in [-0.2, 0) is 9.47 Å². The number of ether oxygens (including phenoxy) is 2. The molecule has 3 heterocycles. The molecule has 1 fully saturated rings. The monoisotopic (exact) mass is 370 g/mol. The van der Waals surface area contributed by atoms with Gasteiger partial charge in [0.15, 0.2) is 6.29 Å². The summed E-state index contributed by atoms with van der Waals surface area (Å²) in [6.07, 6.45) is 1.52. The lowest BCUT2D eigenvalue weighted by atomic mass is 9.95. The first-order valence-electron chi connectivity index (χ1n) is 9.57. The van der Waals surface area contributed by atoms with Crippen LogP contribution in [0.1, 0.15) is 25.7 Å². The van der Waals surface area contributed by atoms with Crippen LogP contribution >= 0.6 is 0 Å². The molecule has 4 aromatic rings. The molecule has 0 bridgehead atoms. The van der Waals surface area contributed by atoms with Crippen LogP contribution in [0.2, 0.25) is 0 Å². The van der Waals surface area contributed by atoms with Crippen LogP contribution in [0.25, 0.3) is 33.1 Å². The zero-order chi connectivity index (χ0) is 19.1. The van der Waals surface area contributed by atoms with Crippen LogP contribution in [0.5, 0.6) is 0 Å². The minimum Gasteiger partial charge on any atom is -0.348 e. The first-order chi connectivity index (χ1) is 13.6. The van der Waals surface area contributed by atoms with Crippen molar-refractivity contribution in [3.63, 3.8) is 0 Å². The number of hydrogen-bond acceptors (Lipinski definition) is 4. The molecule has 140 valence electrons. The second-order valence-corrected chi connectivity index (χ2v) is 8.15. The van der Waals surface area contributed by atoms with Gasteiger partial charge in [-0.05, 0) is 12.1 Å². The van der Waals surface area contributed by atoms with Crippen LogP contribution in [0, 0.1) is 5.41 Å². The highest BCUT2D eigenvalue weighted by Crippen LogP contribution is 2.32. The Morgan fingerprint density at radius 2 is 1.50 bits per heavy atom. The Hall–Kier alpha value is -2.82. The summed E-state index contributed by atoms with van der Waals surface area (Å²) in [4.78, 5) is 9.45. The fraction of sp³-hybridized carbons (Fsp3) is 0.250. The predicted molar refractivity (Wildman–Crippen MR) is 111 cm³/mol. The molecule has 2 aromatic heterocycles. The van der Waals surface area contributed by atoms with Gasteiger partial charge in [-0.2, -0.15) is 0 Å². The Kier molecular flexibility index (Phi) is 4.11. The van der Waals surface area contributed by atoms with Crippen LogP contribution in [0.3, 0.4) is 0 Å². The van der Waals surface area contributed by atoms with Crippen molar-refractivity contribution in [3.8, 4) is 11.3 Å². The Morgan fingerprint density at radius 1 is 0.821 bits per heavy atom. The van der Waals surface area contributed by atoms with Crippen LogP contribution in [0.15, 0.2) is 66.9 Å². The van der Waals surface area contributed by atoms with E-state index in [1.54, 1.807) is 0 Å². The van der Waals surface area contributed by atoms with E-state index >= 15 is 0 Å². The zero-order valence-electron chi connectivity index (χ0n) is 16.1. The molecule has 28 heavy (non-hydrogen) atoms. The molecule has 1 aliphatic rings. The molecule has 1 aliphatic heterocycles. The number of rotatable bonds is 2. The summed E-state index contributed by atoms with van der Waals surface area (Å²) >= 11 is 0. The SMILES string of the molecule is CC1(C)COC(c2ccc(-c3ccc4ccc5cccnc5c4n3)cc2)OC1. The maximum Gasteiger partial charge on any atom is 0.183 e. The fourth-order valence-corrected chi connectivity index (χ4v) is 3.58. The highest BCUT2D eigenvalue weighted by Gasteiger charge is 2.29. The van der Waals surface area contributed by atoms with Crippen molar-refractivity contribution >= 4 is 21.8 Å². The third-order valence-corrected chi connectivity index (χ3v) is 5.16. The lowest BCUT2D eigenvalue weighted by Gasteiger charge is -2.34. The molecule has 0 atom stereocenters. The van der Waals surface area contributed by atoms with Crippen molar-refractivity contribution in [2.45, 2.75) is 20.1 Å². The summed E-state index contributed by atoms with van der Waals surface area (Å²) < 4.78 is 11.8. The molecule has 0 radical (unpaired) electrons. The molecule has 0 amide bonds. The Bertz CT molecular complexity index is 1140. The molecule has 4 nitrogen and oxygen atoms in total. The molecule has 0 spiro atoms. The zero-order valence-corrected chi connectivity index (χ0v) is 16.1. The molecular formula is C24H22N2O2. The largest absolute Gasteiger partial charge is 0.348 e. The van der Waals surface area contributed by atoms with Crippen LogP contribution in [0.4, 0.5) is 0 Å². The van der Waals surface area contributed by atoms with Gasteiger partial charge >= 0.3 is 0 Å². The number of aromatic nitrogens is 2. The quantitative estimate of drug-likeness (QED) is 0.436. The van der Waals surface area contributed by atoms with Gasteiger partial charge in [0.05, 0.1) is 29.9 Å². The summed E-state index contributed by atoms with van der Waals surface area (Å²) in [5.74, 6) is 0. The van der Waals surface area contributed by atoms with Gasteiger partial charge in [-0.1, -0.05) is 62.4 Å². The van der Waals surface area contributed by atoms with E-state index < -0.39 is 0 Å². The molecule has 0 unspecified atom stereocenters. The highest BCUT2D eigenvalue weighted by atomic mass is 16.7. The van der Waals surface area contributed by atoms with E-state index in [0.29, 0.717) is 13.2 Å². The molecular weight excluding hydrogens is 348 g/mol. The summed E-state index contributed by atoms with van der Waals surface area (Å²) in [6.45, 7) is 5.70. The maximum atomic E-state index is 5.88. The second kappa shape index (κ2) is 6.66. The number of benzene rings is 2. The van der Waals surface area contributed by atoms with Gasteiger partial charge in [0, 0.05) is 33.5 Å². The molecule has 0 saturated carbocycles. The molecule has 4 heteroatoms.